The van der Waals surface area contributed by atoms with Crippen LogP contribution in [0.3, 0.4) is 0 Å². The average molecular weight is 388 g/mol. The van der Waals surface area contributed by atoms with E-state index in [9.17, 15) is 14.9 Å². The number of aryl methyl sites for hydroxylation is 1. The third kappa shape index (κ3) is 3.85. The van der Waals surface area contributed by atoms with E-state index < -0.39 is 0 Å². The smallest absolute Gasteiger partial charge is 0.224 e. The molecule has 3 rings (SSSR count). The number of carbonyl (C=O) groups excluding carboxylic acids is 2. The van der Waals surface area contributed by atoms with Crippen molar-refractivity contribution in [1.82, 2.24) is 0 Å². The summed E-state index contributed by atoms with van der Waals surface area (Å²) in [4.78, 5) is 28.8. The summed E-state index contributed by atoms with van der Waals surface area (Å²) in [5.41, 5.74) is 4.75. The summed E-state index contributed by atoms with van der Waals surface area (Å²) < 4.78 is 0. The maximum atomic E-state index is 12.8. The molecule has 1 N–H and O–H groups in total. The molecular formula is C23H24N4O2. The van der Waals surface area contributed by atoms with Gasteiger partial charge in [0.2, 0.25) is 5.91 Å². The average Bonchev–Trinajstić information content (AvgIpc) is 2.96. The van der Waals surface area contributed by atoms with Crippen molar-refractivity contribution < 1.29 is 9.59 Å². The number of fused-ring (bicyclic) bond motifs is 1. The van der Waals surface area contributed by atoms with E-state index >= 15 is 0 Å². The number of nitrogens with one attached hydrogen (secondary N) is 1. The minimum Gasteiger partial charge on any atom is -0.328 e. The number of hydrogen-bond donors (Lipinski definition) is 1. The number of amides is 1. The van der Waals surface area contributed by atoms with Crippen molar-refractivity contribution in [1.29, 1.82) is 5.26 Å². The summed E-state index contributed by atoms with van der Waals surface area (Å²) in [7, 11) is 3.66. The number of ketones is 1. The number of anilines is 3. The minimum atomic E-state index is -0.342. The molecule has 148 valence electrons. The molecule has 2 aromatic carbocycles. The molecule has 0 aliphatic carbocycles. The standard InChI is InChI=1S/C23H24N4O2/c1-15-8-7-9-18(16(15)2)25-22(29)13-12-21(28)17(14-24)23-26(3)19-10-5-6-11-20(19)27(23)4/h5-11H,12-13H2,1-4H3,(H,25,29). The SMILES string of the molecule is Cc1cccc(NC(=O)CCC(=O)C(C#N)=C2N(C)c3ccccc3N2C)c1C. The van der Waals surface area contributed by atoms with Crippen molar-refractivity contribution in [2.45, 2.75) is 26.7 Å². The number of nitrogens with zero attached hydrogens (tertiary/aromatic N) is 3. The summed E-state index contributed by atoms with van der Waals surface area (Å²) in [6, 6.07) is 15.4. The van der Waals surface area contributed by atoms with E-state index in [0.29, 0.717) is 5.82 Å². The van der Waals surface area contributed by atoms with E-state index in [1.807, 2.05) is 86.3 Å². The molecule has 1 heterocycles. The Morgan fingerprint density at radius 1 is 0.966 bits per heavy atom. The lowest BCUT2D eigenvalue weighted by Gasteiger charge is -2.19. The fraction of sp³-hybridized carbons (Fsp3) is 0.261. The van der Waals surface area contributed by atoms with Crippen molar-refractivity contribution >= 4 is 28.8 Å². The first-order chi connectivity index (χ1) is 13.8. The van der Waals surface area contributed by atoms with Gasteiger partial charge in [-0.05, 0) is 43.2 Å². The maximum absolute atomic E-state index is 12.8. The predicted molar refractivity (Wildman–Crippen MR) is 115 cm³/mol. The fourth-order valence-corrected chi connectivity index (χ4v) is 3.51. The zero-order chi connectivity index (χ0) is 21.1. The first-order valence-electron chi connectivity index (χ1n) is 9.45. The van der Waals surface area contributed by atoms with Crippen LogP contribution in [0.1, 0.15) is 24.0 Å². The Morgan fingerprint density at radius 3 is 2.17 bits per heavy atom. The van der Waals surface area contributed by atoms with Gasteiger partial charge in [-0.1, -0.05) is 24.3 Å². The molecule has 0 unspecified atom stereocenters. The number of benzene rings is 2. The van der Waals surface area contributed by atoms with E-state index in [4.69, 9.17) is 0 Å². The summed E-state index contributed by atoms with van der Waals surface area (Å²) in [6.45, 7) is 3.92. The lowest BCUT2D eigenvalue weighted by Crippen LogP contribution is -2.26. The second-order valence-corrected chi connectivity index (χ2v) is 7.14. The van der Waals surface area contributed by atoms with E-state index in [-0.39, 0.29) is 30.1 Å². The van der Waals surface area contributed by atoms with Gasteiger partial charge in [0.25, 0.3) is 0 Å². The highest BCUT2D eigenvalue weighted by atomic mass is 16.2. The van der Waals surface area contributed by atoms with Gasteiger partial charge in [-0.2, -0.15) is 5.26 Å². The molecular weight excluding hydrogens is 364 g/mol. The second-order valence-electron chi connectivity index (χ2n) is 7.14. The molecule has 6 heteroatoms. The molecule has 1 amide bonds. The van der Waals surface area contributed by atoms with Crippen LogP contribution in [0.25, 0.3) is 0 Å². The normalized spacial score (nSPS) is 12.4. The van der Waals surface area contributed by atoms with Crippen molar-refractivity contribution in [3.63, 3.8) is 0 Å². The van der Waals surface area contributed by atoms with Crippen molar-refractivity contribution in [3.8, 4) is 6.07 Å². The minimum absolute atomic E-state index is 0.0189. The monoisotopic (exact) mass is 388 g/mol. The largest absolute Gasteiger partial charge is 0.328 e. The van der Waals surface area contributed by atoms with E-state index in [1.165, 1.54) is 0 Å². The molecule has 2 aromatic rings. The molecule has 0 bridgehead atoms. The van der Waals surface area contributed by atoms with Crippen LogP contribution in [0.2, 0.25) is 0 Å². The van der Waals surface area contributed by atoms with Crippen LogP contribution in [-0.2, 0) is 9.59 Å². The number of allylic oxidation sites excluding steroid dienone is 1. The zero-order valence-corrected chi connectivity index (χ0v) is 17.1. The summed E-state index contributed by atoms with van der Waals surface area (Å²) in [5, 5.41) is 12.5. The van der Waals surface area contributed by atoms with Gasteiger partial charge in [0.1, 0.15) is 17.5 Å². The highest BCUT2D eigenvalue weighted by Gasteiger charge is 2.31. The summed E-state index contributed by atoms with van der Waals surface area (Å²) in [5.74, 6) is -0.0514. The number of hydrogen-bond acceptors (Lipinski definition) is 5. The van der Waals surface area contributed by atoms with Gasteiger partial charge in [0, 0.05) is 32.6 Å². The molecule has 29 heavy (non-hydrogen) atoms. The number of carbonyl (C=O) groups is 2. The van der Waals surface area contributed by atoms with Crippen LogP contribution < -0.4 is 15.1 Å². The highest BCUT2D eigenvalue weighted by molar-refractivity contribution is 6.04. The molecule has 0 radical (unpaired) electrons. The first-order valence-corrected chi connectivity index (χ1v) is 9.45. The number of nitriles is 1. The first kappa shape index (κ1) is 20.2. The van der Waals surface area contributed by atoms with Crippen LogP contribution in [0.5, 0.6) is 0 Å². The molecule has 1 aliphatic heterocycles. The summed E-state index contributed by atoms with van der Waals surface area (Å²) in [6.07, 6.45) is -0.00777. The Labute approximate surface area is 171 Å². The van der Waals surface area contributed by atoms with Gasteiger partial charge in [-0.3, -0.25) is 9.59 Å². The molecule has 0 spiro atoms. The van der Waals surface area contributed by atoms with Crippen LogP contribution in [-0.4, -0.2) is 25.8 Å². The predicted octanol–water partition coefficient (Wildman–Crippen LogP) is 3.91. The number of rotatable bonds is 5. The van der Waals surface area contributed by atoms with Crippen molar-refractivity contribution in [3.05, 3.63) is 65.0 Å². The molecule has 6 nitrogen and oxygen atoms in total. The Kier molecular flexibility index (Phi) is 5.69. The Hall–Kier alpha value is -3.59. The number of para-hydroxylation sites is 2. The lowest BCUT2D eigenvalue weighted by molar-refractivity contribution is -0.120. The third-order valence-corrected chi connectivity index (χ3v) is 5.31. The van der Waals surface area contributed by atoms with Gasteiger partial charge in [-0.15, -0.1) is 0 Å². The van der Waals surface area contributed by atoms with Gasteiger partial charge < -0.3 is 15.1 Å². The zero-order valence-electron chi connectivity index (χ0n) is 17.1. The molecule has 0 saturated carbocycles. The number of Topliss-reactive ketones (excluding diaryl/α,β-unsaturated/α-hetero) is 1. The van der Waals surface area contributed by atoms with Crippen LogP contribution in [0.4, 0.5) is 17.1 Å². The molecule has 0 atom stereocenters. The van der Waals surface area contributed by atoms with Gasteiger partial charge in [0.15, 0.2) is 5.78 Å². The van der Waals surface area contributed by atoms with Gasteiger partial charge >= 0.3 is 0 Å². The van der Waals surface area contributed by atoms with Crippen molar-refractivity contribution in [2.24, 2.45) is 0 Å². The van der Waals surface area contributed by atoms with Crippen molar-refractivity contribution in [2.75, 3.05) is 29.2 Å². The van der Waals surface area contributed by atoms with E-state index in [0.717, 1.165) is 28.2 Å². The third-order valence-electron chi connectivity index (χ3n) is 5.31. The highest BCUT2D eigenvalue weighted by Crippen LogP contribution is 2.40. The van der Waals surface area contributed by atoms with E-state index in [1.54, 1.807) is 0 Å². The van der Waals surface area contributed by atoms with Gasteiger partial charge in [0.05, 0.1) is 11.4 Å². The molecule has 0 aromatic heterocycles. The summed E-state index contributed by atoms with van der Waals surface area (Å²) >= 11 is 0. The van der Waals surface area contributed by atoms with E-state index in [2.05, 4.69) is 5.32 Å². The maximum Gasteiger partial charge on any atom is 0.224 e. The fourth-order valence-electron chi connectivity index (χ4n) is 3.51. The van der Waals surface area contributed by atoms with Crippen LogP contribution in [0.15, 0.2) is 53.9 Å². The Morgan fingerprint density at radius 2 is 1.59 bits per heavy atom. The van der Waals surface area contributed by atoms with Gasteiger partial charge in [-0.25, -0.2) is 0 Å². The Bertz CT molecular complexity index is 1020. The quantitative estimate of drug-likeness (QED) is 0.621. The topological polar surface area (TPSA) is 76.4 Å². The molecule has 0 fully saturated rings. The van der Waals surface area contributed by atoms with Crippen LogP contribution in [0, 0.1) is 25.2 Å². The molecule has 0 saturated heterocycles. The lowest BCUT2D eigenvalue weighted by atomic mass is 10.1. The van der Waals surface area contributed by atoms with Crippen LogP contribution >= 0.6 is 0 Å². The Balaban J connectivity index is 1.73. The molecule has 1 aliphatic rings. The second kappa shape index (κ2) is 8.19.